The molecule has 9 heteroatoms. The molecule has 3 rings (SSSR count). The van der Waals surface area contributed by atoms with E-state index in [0.717, 1.165) is 4.40 Å². The number of alkyl halides is 2. The van der Waals surface area contributed by atoms with Gasteiger partial charge in [0.05, 0.1) is 5.56 Å². The average molecular weight is 332 g/mol. The highest BCUT2D eigenvalue weighted by Crippen LogP contribution is 2.36. The van der Waals surface area contributed by atoms with Crippen LogP contribution in [0.25, 0.3) is 5.65 Å². The minimum Gasteiger partial charge on any atom is -0.352 e. The standard InChI is InChI=1S/C15H14F2N6O/c1-2-3-6-15(21-22-15)7-8-18-14(24)10-4-5-11-19-20-13(12(16)17)23(11)9-10/h1,4-5,9,12H,3,6-8H2,(H,18,24). The number of nitrogens with zero attached hydrogens (tertiary/aromatic N) is 5. The molecule has 2 aromatic heterocycles. The van der Waals surface area contributed by atoms with Gasteiger partial charge in [-0.3, -0.25) is 9.20 Å². The Labute approximate surface area is 136 Å². The van der Waals surface area contributed by atoms with Crippen molar-refractivity contribution >= 4 is 11.6 Å². The molecule has 7 nitrogen and oxygen atoms in total. The third kappa shape index (κ3) is 3.22. The third-order valence-electron chi connectivity index (χ3n) is 3.75. The van der Waals surface area contributed by atoms with Gasteiger partial charge in [0, 0.05) is 32.0 Å². The molecule has 0 radical (unpaired) electrons. The Hall–Kier alpha value is -2.89. The number of hydrogen-bond donors (Lipinski definition) is 1. The van der Waals surface area contributed by atoms with Crippen molar-refractivity contribution in [2.24, 2.45) is 10.2 Å². The number of carbonyl (C=O) groups excluding carboxylic acids is 1. The summed E-state index contributed by atoms with van der Waals surface area (Å²) in [5.74, 6) is 1.66. The first-order valence-corrected chi connectivity index (χ1v) is 7.33. The summed E-state index contributed by atoms with van der Waals surface area (Å²) in [7, 11) is 0. The molecule has 0 fully saturated rings. The molecule has 0 saturated carbocycles. The summed E-state index contributed by atoms with van der Waals surface area (Å²) in [6.07, 6.45) is 5.52. The normalized spacial score (nSPS) is 14.8. The van der Waals surface area contributed by atoms with Gasteiger partial charge in [0.2, 0.25) is 5.82 Å². The van der Waals surface area contributed by atoms with Crippen LogP contribution in [0, 0.1) is 12.3 Å². The average Bonchev–Trinajstić information content (AvgIpc) is 3.20. The van der Waals surface area contributed by atoms with Gasteiger partial charge in [-0.05, 0) is 12.1 Å². The lowest BCUT2D eigenvalue weighted by molar-refractivity contribution is 0.0950. The van der Waals surface area contributed by atoms with E-state index in [9.17, 15) is 13.6 Å². The molecule has 0 saturated heterocycles. The van der Waals surface area contributed by atoms with Gasteiger partial charge in [0.1, 0.15) is 0 Å². The summed E-state index contributed by atoms with van der Waals surface area (Å²) >= 11 is 0. The Balaban J connectivity index is 1.62. The van der Waals surface area contributed by atoms with Crippen LogP contribution in [0.3, 0.4) is 0 Å². The number of halogens is 2. The SMILES string of the molecule is C#CCCC1(CCNC(=O)c2ccc3nnc(C(F)F)n3c2)N=N1. The number of amides is 1. The molecule has 0 aromatic carbocycles. The van der Waals surface area contributed by atoms with Crippen molar-refractivity contribution in [3.05, 3.63) is 29.7 Å². The van der Waals surface area contributed by atoms with Crippen LogP contribution in [0.5, 0.6) is 0 Å². The fourth-order valence-electron chi connectivity index (χ4n) is 2.34. The van der Waals surface area contributed by atoms with Crippen molar-refractivity contribution in [2.75, 3.05) is 6.54 Å². The topological polar surface area (TPSA) is 84.0 Å². The lowest BCUT2D eigenvalue weighted by Gasteiger charge is -2.10. The van der Waals surface area contributed by atoms with Gasteiger partial charge in [-0.2, -0.15) is 10.2 Å². The van der Waals surface area contributed by atoms with Crippen molar-refractivity contribution in [1.29, 1.82) is 0 Å². The minimum absolute atomic E-state index is 0.242. The molecule has 1 amide bonds. The van der Waals surface area contributed by atoms with E-state index in [1.165, 1.54) is 18.3 Å². The first-order valence-electron chi connectivity index (χ1n) is 7.33. The summed E-state index contributed by atoms with van der Waals surface area (Å²) < 4.78 is 26.8. The van der Waals surface area contributed by atoms with Crippen LogP contribution in [0.1, 0.15) is 41.9 Å². The Morgan fingerprint density at radius 2 is 2.12 bits per heavy atom. The predicted octanol–water partition coefficient (Wildman–Crippen LogP) is 2.36. The maximum absolute atomic E-state index is 12.8. The largest absolute Gasteiger partial charge is 0.352 e. The smallest absolute Gasteiger partial charge is 0.297 e. The van der Waals surface area contributed by atoms with E-state index >= 15 is 0 Å². The molecule has 0 bridgehead atoms. The Bertz CT molecular complexity index is 832. The number of fused-ring (bicyclic) bond motifs is 1. The summed E-state index contributed by atoms with van der Waals surface area (Å²) in [5, 5.41) is 17.7. The lowest BCUT2D eigenvalue weighted by atomic mass is 10.0. The number of pyridine rings is 1. The zero-order chi connectivity index (χ0) is 17.2. The van der Waals surface area contributed by atoms with Crippen LogP contribution in [0.2, 0.25) is 0 Å². The van der Waals surface area contributed by atoms with Crippen LogP contribution >= 0.6 is 0 Å². The quantitative estimate of drug-likeness (QED) is 0.790. The highest BCUT2D eigenvalue weighted by molar-refractivity contribution is 5.94. The first kappa shape index (κ1) is 16.0. The van der Waals surface area contributed by atoms with E-state index in [1.807, 2.05) is 0 Å². The summed E-state index contributed by atoms with van der Waals surface area (Å²) in [5.41, 5.74) is 0.0259. The third-order valence-corrected chi connectivity index (χ3v) is 3.75. The van der Waals surface area contributed by atoms with Crippen LogP contribution < -0.4 is 5.32 Å². The molecule has 0 aliphatic carbocycles. The van der Waals surface area contributed by atoms with Gasteiger partial charge < -0.3 is 5.32 Å². The van der Waals surface area contributed by atoms with Crippen molar-refractivity contribution in [3.8, 4) is 12.3 Å². The molecule has 0 unspecified atom stereocenters. The van der Waals surface area contributed by atoms with E-state index in [0.29, 0.717) is 25.8 Å². The van der Waals surface area contributed by atoms with Crippen LogP contribution in [-0.4, -0.2) is 32.7 Å². The Kier molecular flexibility index (Phi) is 4.20. The molecule has 0 spiro atoms. The summed E-state index contributed by atoms with van der Waals surface area (Å²) in [6, 6.07) is 2.97. The lowest BCUT2D eigenvalue weighted by Crippen LogP contribution is -2.28. The summed E-state index contributed by atoms with van der Waals surface area (Å²) in [6.45, 7) is 0.359. The van der Waals surface area contributed by atoms with Crippen molar-refractivity contribution in [2.45, 2.75) is 31.4 Å². The predicted molar refractivity (Wildman–Crippen MR) is 80.5 cm³/mol. The Morgan fingerprint density at radius 1 is 1.33 bits per heavy atom. The van der Waals surface area contributed by atoms with Gasteiger partial charge in [-0.25, -0.2) is 8.78 Å². The number of nitrogens with one attached hydrogen (secondary N) is 1. The number of terminal acetylenes is 1. The second-order valence-electron chi connectivity index (χ2n) is 5.40. The van der Waals surface area contributed by atoms with E-state index in [4.69, 9.17) is 6.42 Å². The fourth-order valence-corrected chi connectivity index (χ4v) is 2.34. The van der Waals surface area contributed by atoms with Crippen LogP contribution in [0.15, 0.2) is 28.6 Å². The van der Waals surface area contributed by atoms with Crippen LogP contribution in [-0.2, 0) is 0 Å². The zero-order valence-electron chi connectivity index (χ0n) is 12.6. The van der Waals surface area contributed by atoms with Gasteiger partial charge in [0.25, 0.3) is 12.3 Å². The van der Waals surface area contributed by atoms with Gasteiger partial charge in [0.15, 0.2) is 11.3 Å². The van der Waals surface area contributed by atoms with E-state index in [1.54, 1.807) is 0 Å². The molecular formula is C15H14F2N6O. The zero-order valence-corrected chi connectivity index (χ0v) is 12.6. The fraction of sp³-hybridized carbons (Fsp3) is 0.400. The molecule has 1 aliphatic heterocycles. The van der Waals surface area contributed by atoms with Crippen molar-refractivity contribution in [1.82, 2.24) is 19.9 Å². The van der Waals surface area contributed by atoms with Crippen molar-refractivity contribution in [3.63, 3.8) is 0 Å². The molecule has 1 N–H and O–H groups in total. The number of rotatable bonds is 7. The maximum Gasteiger partial charge on any atom is 0.297 e. The van der Waals surface area contributed by atoms with Crippen LogP contribution in [0.4, 0.5) is 8.78 Å². The molecule has 124 valence electrons. The molecule has 24 heavy (non-hydrogen) atoms. The molecule has 2 aromatic rings. The van der Waals surface area contributed by atoms with E-state index < -0.39 is 17.9 Å². The second-order valence-corrected chi connectivity index (χ2v) is 5.40. The number of hydrogen-bond acceptors (Lipinski definition) is 5. The van der Waals surface area contributed by atoms with E-state index in [-0.39, 0.29) is 17.1 Å². The minimum atomic E-state index is -2.77. The monoisotopic (exact) mass is 332 g/mol. The highest BCUT2D eigenvalue weighted by Gasteiger charge is 2.38. The Morgan fingerprint density at radius 3 is 2.79 bits per heavy atom. The number of carbonyl (C=O) groups is 1. The first-order chi connectivity index (χ1) is 11.5. The second kappa shape index (κ2) is 6.31. The van der Waals surface area contributed by atoms with Gasteiger partial charge in [-0.1, -0.05) is 0 Å². The molecular weight excluding hydrogens is 318 g/mol. The van der Waals surface area contributed by atoms with E-state index in [2.05, 4.69) is 31.7 Å². The van der Waals surface area contributed by atoms with Gasteiger partial charge in [-0.15, -0.1) is 22.5 Å². The number of aromatic nitrogens is 3. The van der Waals surface area contributed by atoms with Gasteiger partial charge >= 0.3 is 0 Å². The maximum atomic E-state index is 12.8. The molecule has 1 aliphatic rings. The highest BCUT2D eigenvalue weighted by atomic mass is 19.3. The molecule has 0 atom stereocenters. The van der Waals surface area contributed by atoms with Crippen molar-refractivity contribution < 1.29 is 13.6 Å². The summed E-state index contributed by atoms with van der Waals surface area (Å²) in [4.78, 5) is 12.2. The molecule has 3 heterocycles.